The van der Waals surface area contributed by atoms with E-state index in [1.165, 1.54) is 30.3 Å². The highest BCUT2D eigenvalue weighted by atomic mass is 19.4. The minimum Gasteiger partial charge on any atom is -0.206 e. The molecule has 2 rings (SSSR count). The van der Waals surface area contributed by atoms with Crippen LogP contribution in [0.25, 0.3) is 11.1 Å². The van der Waals surface area contributed by atoms with E-state index in [9.17, 15) is 17.6 Å². The molecule has 0 amide bonds. The number of halogens is 4. The van der Waals surface area contributed by atoms with Crippen LogP contribution >= 0.6 is 0 Å². The zero-order chi connectivity index (χ0) is 14.8. The highest BCUT2D eigenvalue weighted by molar-refractivity contribution is 5.66. The molecule has 20 heavy (non-hydrogen) atoms. The van der Waals surface area contributed by atoms with Gasteiger partial charge in [-0.05, 0) is 23.3 Å². The fraction of sp³-hybridized carbons (Fsp3) is 0.133. The second kappa shape index (κ2) is 5.33. The van der Waals surface area contributed by atoms with Crippen LogP contribution in [0.2, 0.25) is 0 Å². The maximum atomic E-state index is 13.6. The third-order valence-electron chi connectivity index (χ3n) is 2.87. The molecule has 0 spiro atoms. The first-order chi connectivity index (χ1) is 9.43. The summed E-state index contributed by atoms with van der Waals surface area (Å²) in [5.41, 5.74) is -0.779. The van der Waals surface area contributed by atoms with Crippen LogP contribution in [0.1, 0.15) is 11.1 Å². The maximum absolute atomic E-state index is 13.6. The van der Waals surface area contributed by atoms with Crippen molar-refractivity contribution in [3.8, 4) is 17.2 Å². The van der Waals surface area contributed by atoms with Gasteiger partial charge in [0.2, 0.25) is 0 Å². The molecule has 0 radical (unpaired) electrons. The van der Waals surface area contributed by atoms with Crippen LogP contribution in [0.4, 0.5) is 17.6 Å². The molecule has 0 N–H and O–H groups in total. The number of nitriles is 1. The summed E-state index contributed by atoms with van der Waals surface area (Å²) in [4.78, 5) is 0. The Morgan fingerprint density at radius 3 is 2.35 bits per heavy atom. The van der Waals surface area contributed by atoms with Crippen LogP contribution in [0.5, 0.6) is 0 Å². The maximum Gasteiger partial charge on any atom is 0.416 e. The van der Waals surface area contributed by atoms with Crippen molar-refractivity contribution in [2.45, 2.75) is 12.6 Å². The molecule has 0 bridgehead atoms. The molecule has 0 saturated heterocycles. The smallest absolute Gasteiger partial charge is 0.206 e. The summed E-state index contributed by atoms with van der Waals surface area (Å²) in [6, 6.07) is 10.8. The van der Waals surface area contributed by atoms with Gasteiger partial charge in [0.15, 0.2) is 0 Å². The van der Waals surface area contributed by atoms with Crippen LogP contribution in [0, 0.1) is 17.1 Å². The Balaban J connectivity index is 2.59. The van der Waals surface area contributed by atoms with Crippen molar-refractivity contribution < 1.29 is 17.6 Å². The van der Waals surface area contributed by atoms with E-state index in [-0.39, 0.29) is 23.1 Å². The average Bonchev–Trinajstić information content (AvgIpc) is 2.39. The third-order valence-corrected chi connectivity index (χ3v) is 2.87. The van der Waals surface area contributed by atoms with Crippen LogP contribution < -0.4 is 0 Å². The second-order valence-corrected chi connectivity index (χ2v) is 4.18. The standard InChI is InChI=1S/C15H9F4N/c16-14-4-2-1-3-12(14)11-6-5-10(7-8-20)13(9-11)15(17,18)19/h1-6,9H,7H2. The van der Waals surface area contributed by atoms with E-state index < -0.39 is 17.6 Å². The van der Waals surface area contributed by atoms with Crippen molar-refractivity contribution in [2.75, 3.05) is 0 Å². The lowest BCUT2D eigenvalue weighted by Gasteiger charge is -2.13. The Kier molecular flexibility index (Phi) is 3.75. The topological polar surface area (TPSA) is 23.8 Å². The Morgan fingerprint density at radius 2 is 1.75 bits per heavy atom. The van der Waals surface area contributed by atoms with Gasteiger partial charge in [0.05, 0.1) is 18.1 Å². The number of nitrogens with zero attached hydrogens (tertiary/aromatic N) is 1. The van der Waals surface area contributed by atoms with Gasteiger partial charge in [-0.1, -0.05) is 30.3 Å². The lowest BCUT2D eigenvalue weighted by molar-refractivity contribution is -0.138. The van der Waals surface area contributed by atoms with E-state index >= 15 is 0 Å². The van der Waals surface area contributed by atoms with Gasteiger partial charge >= 0.3 is 6.18 Å². The predicted octanol–water partition coefficient (Wildman–Crippen LogP) is 4.58. The molecule has 0 heterocycles. The van der Waals surface area contributed by atoms with Crippen LogP contribution in [-0.2, 0) is 12.6 Å². The Labute approximate surface area is 113 Å². The molecular weight excluding hydrogens is 270 g/mol. The van der Waals surface area contributed by atoms with Gasteiger partial charge in [-0.25, -0.2) is 4.39 Å². The van der Waals surface area contributed by atoms with Crippen molar-refractivity contribution in [3.63, 3.8) is 0 Å². The fourth-order valence-corrected chi connectivity index (χ4v) is 1.94. The van der Waals surface area contributed by atoms with Gasteiger partial charge < -0.3 is 0 Å². The van der Waals surface area contributed by atoms with E-state index in [0.29, 0.717) is 0 Å². The molecule has 0 atom stereocenters. The van der Waals surface area contributed by atoms with E-state index in [1.54, 1.807) is 12.1 Å². The zero-order valence-corrected chi connectivity index (χ0v) is 10.2. The van der Waals surface area contributed by atoms with Crippen LogP contribution in [-0.4, -0.2) is 0 Å². The van der Waals surface area contributed by atoms with Crippen molar-refractivity contribution >= 4 is 0 Å². The van der Waals surface area contributed by atoms with Crippen molar-refractivity contribution in [3.05, 3.63) is 59.4 Å². The molecule has 0 aliphatic heterocycles. The largest absolute Gasteiger partial charge is 0.416 e. The molecule has 2 aromatic carbocycles. The number of alkyl halides is 3. The number of rotatable bonds is 2. The van der Waals surface area contributed by atoms with Gasteiger partial charge in [0, 0.05) is 5.56 Å². The molecule has 5 heteroatoms. The Bertz CT molecular complexity index is 668. The van der Waals surface area contributed by atoms with Crippen molar-refractivity contribution in [1.82, 2.24) is 0 Å². The van der Waals surface area contributed by atoms with E-state index in [4.69, 9.17) is 5.26 Å². The SMILES string of the molecule is N#CCc1ccc(-c2ccccc2F)cc1C(F)(F)F. The van der Waals surface area contributed by atoms with Gasteiger partial charge in [0.25, 0.3) is 0 Å². The number of benzene rings is 2. The van der Waals surface area contributed by atoms with E-state index in [2.05, 4.69) is 0 Å². The monoisotopic (exact) mass is 279 g/mol. The Morgan fingerprint density at radius 1 is 1.05 bits per heavy atom. The quantitative estimate of drug-likeness (QED) is 0.738. The summed E-state index contributed by atoms with van der Waals surface area (Å²) in [6.45, 7) is 0. The minimum absolute atomic E-state index is 0.0986. The summed E-state index contributed by atoms with van der Waals surface area (Å²) in [5, 5.41) is 8.56. The highest BCUT2D eigenvalue weighted by Crippen LogP contribution is 2.35. The molecule has 0 unspecified atom stereocenters. The lowest BCUT2D eigenvalue weighted by Crippen LogP contribution is -2.09. The molecule has 1 nitrogen and oxygen atoms in total. The molecule has 0 fully saturated rings. The zero-order valence-electron chi connectivity index (χ0n) is 10.2. The van der Waals surface area contributed by atoms with E-state index in [1.807, 2.05) is 0 Å². The molecule has 0 aliphatic carbocycles. The van der Waals surface area contributed by atoms with Gasteiger partial charge in [-0.2, -0.15) is 18.4 Å². The molecule has 0 saturated carbocycles. The predicted molar refractivity (Wildman–Crippen MR) is 66.2 cm³/mol. The summed E-state index contributed by atoms with van der Waals surface area (Å²) in [6.07, 6.45) is -4.92. The van der Waals surface area contributed by atoms with Crippen molar-refractivity contribution in [2.24, 2.45) is 0 Å². The number of hydrogen-bond donors (Lipinski definition) is 0. The fourth-order valence-electron chi connectivity index (χ4n) is 1.94. The van der Waals surface area contributed by atoms with Crippen molar-refractivity contribution in [1.29, 1.82) is 5.26 Å². The Hall–Kier alpha value is -2.35. The molecule has 0 aliphatic rings. The molecular formula is C15H9F4N. The third kappa shape index (κ3) is 2.80. The first kappa shape index (κ1) is 14.1. The average molecular weight is 279 g/mol. The lowest BCUT2D eigenvalue weighted by atomic mass is 9.97. The second-order valence-electron chi connectivity index (χ2n) is 4.18. The highest BCUT2D eigenvalue weighted by Gasteiger charge is 2.33. The van der Waals surface area contributed by atoms with E-state index in [0.717, 1.165) is 6.07 Å². The normalized spacial score (nSPS) is 11.2. The van der Waals surface area contributed by atoms with Crippen LogP contribution in [0.15, 0.2) is 42.5 Å². The minimum atomic E-state index is -4.58. The summed E-state index contributed by atoms with van der Waals surface area (Å²) in [7, 11) is 0. The molecule has 102 valence electrons. The number of hydrogen-bond acceptors (Lipinski definition) is 1. The summed E-state index contributed by atoms with van der Waals surface area (Å²) < 4.78 is 52.5. The van der Waals surface area contributed by atoms with Gasteiger partial charge in [-0.3, -0.25) is 0 Å². The first-order valence-corrected chi connectivity index (χ1v) is 5.75. The summed E-state index contributed by atoms with van der Waals surface area (Å²) in [5.74, 6) is -0.589. The van der Waals surface area contributed by atoms with Crippen LogP contribution in [0.3, 0.4) is 0 Å². The molecule has 0 aromatic heterocycles. The first-order valence-electron chi connectivity index (χ1n) is 5.75. The van der Waals surface area contributed by atoms with Gasteiger partial charge in [-0.15, -0.1) is 0 Å². The summed E-state index contributed by atoms with van der Waals surface area (Å²) >= 11 is 0. The van der Waals surface area contributed by atoms with Gasteiger partial charge in [0.1, 0.15) is 5.82 Å². The molecule has 2 aromatic rings.